The van der Waals surface area contributed by atoms with E-state index in [4.69, 9.17) is 22.9 Å². The van der Waals surface area contributed by atoms with Crippen LogP contribution < -0.4 is 81.4 Å². The van der Waals surface area contributed by atoms with Crippen LogP contribution in [0.2, 0.25) is 0 Å². The van der Waals surface area contributed by atoms with E-state index in [1.807, 2.05) is 0 Å². The smallest absolute Gasteiger partial charge is 0.327 e. The molecule has 0 aliphatic carbocycles. The van der Waals surface area contributed by atoms with Crippen molar-refractivity contribution in [2.75, 3.05) is 50.5 Å². The molecule has 1 heterocycles. The van der Waals surface area contributed by atoms with Gasteiger partial charge in [-0.05, 0) is 89.6 Å². The van der Waals surface area contributed by atoms with E-state index in [0.717, 1.165) is 4.90 Å². The largest absolute Gasteiger partial charge is 0.480 e. The Labute approximate surface area is 508 Å². The molecule has 1 saturated heterocycles. The van der Waals surface area contributed by atoms with Crippen molar-refractivity contribution in [2.24, 2.45) is 39.8 Å². The fraction of sp³-hybridized carbons (Fsp3) is 0.706. The number of rotatable bonds is 39. The zero-order chi connectivity index (χ0) is 65.5. The van der Waals surface area contributed by atoms with Crippen LogP contribution >= 0.6 is 24.4 Å². The van der Waals surface area contributed by atoms with Gasteiger partial charge in [0.15, 0.2) is 5.96 Å². The van der Waals surface area contributed by atoms with Gasteiger partial charge in [-0.3, -0.25) is 67.3 Å². The summed E-state index contributed by atoms with van der Waals surface area (Å²) in [4.78, 5) is 188. The number of carbonyl (C=O) groups is 14. The first-order chi connectivity index (χ1) is 40.3. The summed E-state index contributed by atoms with van der Waals surface area (Å²) in [6, 6.07) is -13.1. The summed E-state index contributed by atoms with van der Waals surface area (Å²) in [5, 5.41) is 46.5. The van der Waals surface area contributed by atoms with Crippen LogP contribution in [0.25, 0.3) is 0 Å². The molecule has 11 atom stereocenters. The molecule has 86 heavy (non-hydrogen) atoms. The highest BCUT2D eigenvalue weighted by atomic mass is 32.2. The third-order valence-corrected chi connectivity index (χ3v) is 14.0. The number of carbonyl (C=O) groups excluding carboxylic acids is 13. The number of carboxylic acid groups (broad SMARTS) is 1. The number of amides is 13. The van der Waals surface area contributed by atoms with Gasteiger partial charge in [0.05, 0.1) is 25.7 Å². The van der Waals surface area contributed by atoms with Crippen molar-refractivity contribution < 1.29 is 77.3 Å². The number of aliphatic hydroxyl groups is 1. The molecule has 0 unspecified atom stereocenters. The summed E-state index contributed by atoms with van der Waals surface area (Å²) in [6.45, 7) is 8.90. The van der Waals surface area contributed by atoms with Crippen LogP contribution in [0, 0.1) is 11.8 Å². The van der Waals surface area contributed by atoms with E-state index in [2.05, 4.69) is 76.1 Å². The summed E-state index contributed by atoms with van der Waals surface area (Å²) >= 11 is 5.29. The molecule has 0 aromatic carbocycles. The second kappa shape index (κ2) is 39.2. The van der Waals surface area contributed by atoms with Crippen molar-refractivity contribution >= 4 is 113 Å². The summed E-state index contributed by atoms with van der Waals surface area (Å²) in [5.74, 6) is -12.9. The lowest BCUT2D eigenvalue weighted by Gasteiger charge is -2.28. The SMILES string of the molecule is CSCC[C@H](NC(=O)[C@@H](NC(=O)CN)C(C)C)C(=O)N[C@@H](C)C(=O)N[C@@H](C)C(=O)N[C@@H](CCCN=C(N)N)C(=O)NCC(=O)N[C@@H](CCC(N)=O)C(=O)N[C@@H](CC(C)C)C(=O)NCC(=O)N1CCC[C@H]1C(=O)N[C@H](C(=O)N[C@@H](CS)C(=O)O)[C@@H](C)O. The number of aliphatic carboxylic acids is 1. The summed E-state index contributed by atoms with van der Waals surface area (Å²) in [6.07, 6.45) is 0.142. The Hall–Kier alpha value is -7.53. The number of aliphatic imine (C=N–C) groups is 1. The number of nitrogens with two attached hydrogens (primary N) is 4. The molecule has 1 fully saturated rings. The Morgan fingerprint density at radius 1 is 0.616 bits per heavy atom. The maximum absolute atomic E-state index is 13.8. The van der Waals surface area contributed by atoms with Crippen molar-refractivity contribution in [2.45, 2.75) is 166 Å². The number of nitrogens with one attached hydrogen (secondary N) is 11. The Morgan fingerprint density at radius 2 is 1.14 bits per heavy atom. The molecule has 486 valence electrons. The number of hydrogen-bond donors (Lipinski definition) is 18. The van der Waals surface area contributed by atoms with Crippen LogP contribution in [0.1, 0.15) is 99.8 Å². The van der Waals surface area contributed by atoms with Crippen molar-refractivity contribution in [3.05, 3.63) is 0 Å². The molecule has 1 aliphatic heterocycles. The molecule has 13 amide bonds. The molecule has 0 spiro atoms. The number of guanidine groups is 1. The molecule has 0 saturated carbocycles. The van der Waals surface area contributed by atoms with Crippen molar-refractivity contribution in [3.63, 3.8) is 0 Å². The van der Waals surface area contributed by atoms with Gasteiger partial charge >= 0.3 is 5.97 Å². The van der Waals surface area contributed by atoms with Crippen LogP contribution in [0.15, 0.2) is 4.99 Å². The third-order valence-electron chi connectivity index (χ3n) is 13.0. The van der Waals surface area contributed by atoms with Crippen LogP contribution in [-0.4, -0.2) is 221 Å². The lowest BCUT2D eigenvalue weighted by Crippen LogP contribution is -2.59. The monoisotopic (exact) mass is 1260 g/mol. The molecule has 35 heteroatoms. The highest BCUT2D eigenvalue weighted by Crippen LogP contribution is 2.18. The number of nitrogens with zero attached hydrogens (tertiary/aromatic N) is 2. The molecule has 0 radical (unpaired) electrons. The molecule has 0 aromatic heterocycles. The van der Waals surface area contributed by atoms with Gasteiger partial charge in [-0.25, -0.2) is 4.79 Å². The highest BCUT2D eigenvalue weighted by molar-refractivity contribution is 7.98. The minimum absolute atomic E-state index is 0.000893. The molecule has 21 N–H and O–H groups in total. The van der Waals surface area contributed by atoms with Crippen molar-refractivity contribution in [1.29, 1.82) is 0 Å². The van der Waals surface area contributed by atoms with E-state index in [1.165, 1.54) is 32.5 Å². The number of hydrogen-bond acceptors (Lipinski definition) is 19. The van der Waals surface area contributed by atoms with Crippen molar-refractivity contribution in [1.82, 2.24) is 63.4 Å². The lowest BCUT2D eigenvalue weighted by molar-refractivity contribution is -0.143. The predicted octanol–water partition coefficient (Wildman–Crippen LogP) is -7.26. The van der Waals surface area contributed by atoms with Gasteiger partial charge in [0.2, 0.25) is 76.8 Å². The standard InChI is InChI=1S/C51H89N17O16S2/c1-24(2)19-32(44(77)58-22-38(73)68-17-10-12-34(68)47(80)67-40(28(7)69)49(82)65-33(23-85)50(83)84)64-46(79)30(13-14-35(53)70)61-37(72)21-57-43(76)29(11-9-16-56-51(54)55)62-42(75)27(6)59-41(74)26(5)60-45(78)31(15-18-86-8)63-48(81)39(25(3)4)66-36(71)20-52/h24-34,39-40,69,85H,9-23,52H2,1-8H3,(H2,53,70)(H,57,76)(H,58,77)(H,59,74)(H,60,78)(H,61,72)(H,62,75)(H,63,81)(H,64,79)(H,65,82)(H,66,71)(H,67,80)(H,83,84)(H4,54,55,56)/t26-,27-,28+,29-,30-,31-,32-,33-,34-,39-,40-/m0/s1. The fourth-order valence-corrected chi connectivity index (χ4v) is 9.00. The van der Waals surface area contributed by atoms with Gasteiger partial charge in [-0.2, -0.15) is 24.4 Å². The second-order valence-electron chi connectivity index (χ2n) is 21.1. The second-order valence-corrected chi connectivity index (χ2v) is 22.5. The first-order valence-electron chi connectivity index (χ1n) is 27.9. The Kier molecular flexibility index (Phi) is 34.9. The average Bonchev–Trinajstić information content (AvgIpc) is 3.05. The molecule has 1 rings (SSSR count). The Bertz CT molecular complexity index is 2420. The third kappa shape index (κ3) is 28.1. The minimum atomic E-state index is -1.60. The number of carboxylic acids is 1. The summed E-state index contributed by atoms with van der Waals surface area (Å²) < 4.78 is 0. The molecule has 0 aromatic rings. The van der Waals surface area contributed by atoms with Crippen LogP contribution in [-0.2, 0) is 67.1 Å². The van der Waals surface area contributed by atoms with Crippen LogP contribution in [0.4, 0.5) is 0 Å². The van der Waals surface area contributed by atoms with E-state index in [1.54, 1.807) is 34.0 Å². The molecule has 0 bridgehead atoms. The van der Waals surface area contributed by atoms with Gasteiger partial charge in [-0.15, -0.1) is 0 Å². The number of thioether (sulfide) groups is 1. The van der Waals surface area contributed by atoms with Crippen LogP contribution in [0.3, 0.4) is 0 Å². The number of primary amides is 1. The van der Waals surface area contributed by atoms with Gasteiger partial charge in [0, 0.05) is 25.3 Å². The molecular formula is C51H89N17O16S2. The maximum atomic E-state index is 13.8. The number of thiol groups is 1. The van der Waals surface area contributed by atoms with E-state index in [-0.39, 0.29) is 81.7 Å². The summed E-state index contributed by atoms with van der Waals surface area (Å²) in [5.41, 5.74) is 21.7. The first kappa shape index (κ1) is 76.5. The van der Waals surface area contributed by atoms with E-state index >= 15 is 0 Å². The molecular weight excluding hydrogens is 1170 g/mol. The van der Waals surface area contributed by atoms with E-state index in [0.29, 0.717) is 12.2 Å². The first-order valence-corrected chi connectivity index (χ1v) is 29.9. The van der Waals surface area contributed by atoms with Gasteiger partial charge in [0.1, 0.15) is 60.4 Å². The Balaban J connectivity index is 3.15. The minimum Gasteiger partial charge on any atom is -0.480 e. The molecule has 33 nitrogen and oxygen atoms in total. The van der Waals surface area contributed by atoms with Gasteiger partial charge < -0.3 is 96.5 Å². The zero-order valence-corrected chi connectivity index (χ0v) is 51.5. The number of likely N-dealkylation sites (tertiary alicyclic amines) is 1. The summed E-state index contributed by atoms with van der Waals surface area (Å²) in [7, 11) is 0. The number of aliphatic hydroxyl groups excluding tert-OH is 1. The predicted molar refractivity (Wildman–Crippen MR) is 317 cm³/mol. The van der Waals surface area contributed by atoms with Gasteiger partial charge in [0.25, 0.3) is 0 Å². The maximum Gasteiger partial charge on any atom is 0.327 e. The van der Waals surface area contributed by atoms with Gasteiger partial charge in [-0.1, -0.05) is 27.7 Å². The van der Waals surface area contributed by atoms with Crippen LogP contribution in [0.5, 0.6) is 0 Å². The zero-order valence-electron chi connectivity index (χ0n) is 49.8. The fourth-order valence-electron chi connectivity index (χ4n) is 8.28. The quantitative estimate of drug-likeness (QED) is 0.0118. The van der Waals surface area contributed by atoms with Crippen molar-refractivity contribution in [3.8, 4) is 0 Å². The normalized spacial score (nSPS) is 16.3. The van der Waals surface area contributed by atoms with E-state index in [9.17, 15) is 77.3 Å². The average molecular weight is 1260 g/mol. The van der Waals surface area contributed by atoms with E-state index < -0.39 is 169 Å². The molecule has 1 aliphatic rings. The topological polar surface area (TPSA) is 531 Å². The highest BCUT2D eigenvalue weighted by Gasteiger charge is 2.39. The lowest BCUT2D eigenvalue weighted by atomic mass is 10.0. The Morgan fingerprint density at radius 3 is 1.69 bits per heavy atom.